The van der Waals surface area contributed by atoms with E-state index in [2.05, 4.69) is 20.6 Å². The summed E-state index contributed by atoms with van der Waals surface area (Å²) < 4.78 is 44.7. The van der Waals surface area contributed by atoms with E-state index >= 15 is 0 Å². The summed E-state index contributed by atoms with van der Waals surface area (Å²) in [4.78, 5) is 20.2. The van der Waals surface area contributed by atoms with E-state index in [1.54, 1.807) is 0 Å². The second kappa shape index (κ2) is 7.63. The van der Waals surface area contributed by atoms with E-state index in [1.807, 2.05) is 0 Å². The molecule has 2 atom stereocenters. The van der Waals surface area contributed by atoms with Gasteiger partial charge in [0.1, 0.15) is 22.6 Å². The summed E-state index contributed by atoms with van der Waals surface area (Å²) in [7, 11) is -2.15. The van der Waals surface area contributed by atoms with Crippen molar-refractivity contribution in [3.8, 4) is 5.88 Å². The van der Waals surface area contributed by atoms with Crippen molar-refractivity contribution in [2.45, 2.75) is 24.1 Å². The molecule has 0 spiro atoms. The van der Waals surface area contributed by atoms with Crippen LogP contribution in [0.15, 0.2) is 30.6 Å². The van der Waals surface area contributed by atoms with E-state index in [0.717, 1.165) is 18.9 Å². The smallest absolute Gasteiger partial charge is 0.275 e. The largest absolute Gasteiger partial charge is 0.480 e. The molecule has 2 heterocycles. The van der Waals surface area contributed by atoms with Gasteiger partial charge < -0.3 is 15.4 Å². The van der Waals surface area contributed by atoms with Gasteiger partial charge in [-0.3, -0.25) is 10.2 Å². The van der Waals surface area contributed by atoms with Crippen LogP contribution in [0, 0.1) is 17.1 Å². The topological polar surface area (TPSA) is 134 Å². The molecule has 1 saturated carbocycles. The highest BCUT2D eigenvalue weighted by molar-refractivity contribution is 7.92. The maximum absolute atomic E-state index is 14.5. The number of methoxy groups -OCH3 is 1. The molecule has 158 valence electrons. The molecule has 1 aromatic carbocycles. The molecule has 1 aromatic heterocycles. The van der Waals surface area contributed by atoms with Gasteiger partial charge in [0.2, 0.25) is 5.88 Å². The van der Waals surface area contributed by atoms with Gasteiger partial charge in [-0.15, -0.1) is 0 Å². The van der Waals surface area contributed by atoms with Crippen molar-refractivity contribution < 1.29 is 22.3 Å². The highest BCUT2D eigenvalue weighted by Gasteiger charge is 2.47. The lowest BCUT2D eigenvalue weighted by molar-refractivity contribution is 0.102. The lowest BCUT2D eigenvalue weighted by Gasteiger charge is -2.32. The number of aromatic nitrogens is 2. The van der Waals surface area contributed by atoms with Crippen molar-refractivity contribution in [2.75, 3.05) is 18.2 Å². The minimum Gasteiger partial charge on any atom is -0.480 e. The van der Waals surface area contributed by atoms with E-state index in [9.17, 15) is 17.6 Å². The lowest BCUT2D eigenvalue weighted by Crippen LogP contribution is -2.51. The number of nitrogens with one attached hydrogen (secondary N) is 3. The number of anilines is 1. The summed E-state index contributed by atoms with van der Waals surface area (Å²) in [6, 6.07) is 2.97. The molecular weight excluding hydrogens is 413 g/mol. The average molecular weight is 433 g/mol. The fourth-order valence-electron chi connectivity index (χ4n) is 3.54. The minimum atomic E-state index is -3.58. The number of carbonyl (C=O) groups is 1. The first-order valence-electron chi connectivity index (χ1n) is 9.32. The molecule has 2 unspecified atom stereocenters. The van der Waals surface area contributed by atoms with E-state index in [-0.39, 0.29) is 40.3 Å². The number of amidine groups is 1. The molecule has 1 amide bonds. The molecule has 0 bridgehead atoms. The van der Waals surface area contributed by atoms with Crippen LogP contribution < -0.4 is 15.4 Å². The molecule has 0 radical (unpaired) electrons. The van der Waals surface area contributed by atoms with Crippen LogP contribution in [-0.4, -0.2) is 48.2 Å². The molecule has 30 heavy (non-hydrogen) atoms. The number of sulfone groups is 1. The fourth-order valence-corrected chi connectivity index (χ4v) is 5.77. The predicted molar refractivity (Wildman–Crippen MR) is 107 cm³/mol. The number of halogens is 1. The van der Waals surface area contributed by atoms with Gasteiger partial charge in [0.25, 0.3) is 5.91 Å². The number of hydrogen-bond donors (Lipinski definition) is 3. The minimum absolute atomic E-state index is 0.0305. The third-order valence-electron chi connectivity index (χ3n) is 5.15. The SMILES string of the molecule is COc1cnc(C(=O)Nc2ccc(F)c(C3CS(=O)(=O)C(C4CC4)C(=N)N3)c2)cn1. The second-order valence-electron chi connectivity index (χ2n) is 7.33. The monoisotopic (exact) mass is 433 g/mol. The standard InChI is InChI=1S/C19H20FN5O4S/c1-29-16-8-22-14(7-23-16)19(26)24-11-4-5-13(20)12(6-11)15-9-30(27,28)17(10-2-3-10)18(21)25-15/h4-8,10,15,17H,2-3,9H2,1H3,(H2,21,25)(H,24,26). The molecule has 2 aromatic rings. The van der Waals surface area contributed by atoms with Crippen LogP contribution in [0.4, 0.5) is 10.1 Å². The number of carbonyl (C=O) groups excluding carboxylic acids is 1. The number of benzene rings is 1. The molecule has 11 heteroatoms. The van der Waals surface area contributed by atoms with E-state index in [4.69, 9.17) is 10.1 Å². The number of ether oxygens (including phenoxy) is 1. The maximum atomic E-state index is 14.5. The van der Waals surface area contributed by atoms with Crippen molar-refractivity contribution in [3.63, 3.8) is 0 Å². The molecule has 2 fully saturated rings. The molecular formula is C19H20FN5O4S. The van der Waals surface area contributed by atoms with E-state index in [1.165, 1.54) is 31.6 Å². The zero-order valence-electron chi connectivity index (χ0n) is 16.1. The molecule has 1 saturated heterocycles. The Bertz CT molecular complexity index is 1100. The van der Waals surface area contributed by atoms with Gasteiger partial charge in [0.05, 0.1) is 31.3 Å². The lowest BCUT2D eigenvalue weighted by atomic mass is 10.1. The van der Waals surface area contributed by atoms with Crippen LogP contribution in [0.2, 0.25) is 0 Å². The Morgan fingerprint density at radius 1 is 1.30 bits per heavy atom. The van der Waals surface area contributed by atoms with Crippen molar-refractivity contribution in [3.05, 3.63) is 47.7 Å². The maximum Gasteiger partial charge on any atom is 0.275 e. The number of rotatable bonds is 5. The zero-order valence-corrected chi connectivity index (χ0v) is 16.9. The van der Waals surface area contributed by atoms with Crippen LogP contribution >= 0.6 is 0 Å². The van der Waals surface area contributed by atoms with Crippen molar-refractivity contribution in [1.29, 1.82) is 5.41 Å². The Hall–Kier alpha value is -3.08. The van der Waals surface area contributed by atoms with Crippen LogP contribution in [-0.2, 0) is 9.84 Å². The van der Waals surface area contributed by atoms with Crippen molar-refractivity contribution in [2.24, 2.45) is 5.92 Å². The first kappa shape index (κ1) is 20.2. The highest BCUT2D eigenvalue weighted by atomic mass is 32.2. The van der Waals surface area contributed by atoms with Gasteiger partial charge in [-0.2, -0.15) is 0 Å². The third-order valence-corrected chi connectivity index (χ3v) is 7.34. The summed E-state index contributed by atoms with van der Waals surface area (Å²) in [5.41, 5.74) is 0.370. The van der Waals surface area contributed by atoms with E-state index in [0.29, 0.717) is 0 Å². The summed E-state index contributed by atoms with van der Waals surface area (Å²) in [6.07, 6.45) is 4.10. The van der Waals surface area contributed by atoms with Gasteiger partial charge in [0, 0.05) is 11.3 Å². The Balaban J connectivity index is 1.54. The van der Waals surface area contributed by atoms with Gasteiger partial charge in [-0.05, 0) is 37.0 Å². The first-order chi connectivity index (χ1) is 14.3. The van der Waals surface area contributed by atoms with Gasteiger partial charge in [0.15, 0.2) is 9.84 Å². The fraction of sp³-hybridized carbons (Fsp3) is 0.368. The Morgan fingerprint density at radius 3 is 2.67 bits per heavy atom. The zero-order chi connectivity index (χ0) is 21.5. The molecule has 9 nitrogen and oxygen atoms in total. The van der Waals surface area contributed by atoms with Crippen LogP contribution in [0.5, 0.6) is 5.88 Å². The van der Waals surface area contributed by atoms with Crippen molar-refractivity contribution in [1.82, 2.24) is 15.3 Å². The van der Waals surface area contributed by atoms with Gasteiger partial charge in [-0.25, -0.2) is 22.8 Å². The van der Waals surface area contributed by atoms with E-state index < -0.39 is 32.9 Å². The molecule has 4 rings (SSSR count). The average Bonchev–Trinajstić information content (AvgIpc) is 3.53. The van der Waals surface area contributed by atoms with Gasteiger partial charge in [-0.1, -0.05) is 0 Å². The number of nitrogens with zero attached hydrogens (tertiary/aromatic N) is 2. The number of hydrogen-bond acceptors (Lipinski definition) is 7. The Kier molecular flexibility index (Phi) is 5.14. The molecule has 2 aliphatic rings. The quantitative estimate of drug-likeness (QED) is 0.653. The van der Waals surface area contributed by atoms with Crippen LogP contribution in [0.1, 0.15) is 34.9 Å². The predicted octanol–water partition coefficient (Wildman–Crippen LogP) is 1.69. The van der Waals surface area contributed by atoms with Gasteiger partial charge >= 0.3 is 0 Å². The normalized spacial score (nSPS) is 22.8. The van der Waals surface area contributed by atoms with Crippen LogP contribution in [0.25, 0.3) is 0 Å². The molecule has 1 aliphatic carbocycles. The Labute approximate surface area is 172 Å². The Morgan fingerprint density at radius 2 is 2.07 bits per heavy atom. The third kappa shape index (κ3) is 3.97. The first-order valence-corrected chi connectivity index (χ1v) is 11.0. The second-order valence-corrected chi connectivity index (χ2v) is 9.50. The highest BCUT2D eigenvalue weighted by Crippen LogP contribution is 2.40. The molecule has 1 aliphatic heterocycles. The van der Waals surface area contributed by atoms with Crippen molar-refractivity contribution >= 4 is 27.3 Å². The summed E-state index contributed by atoms with van der Waals surface area (Å²) in [5.74, 6) is -1.37. The molecule has 3 N–H and O–H groups in total. The van der Waals surface area contributed by atoms with Crippen LogP contribution in [0.3, 0.4) is 0 Å². The summed E-state index contributed by atoms with van der Waals surface area (Å²) in [5, 5.41) is 12.7. The summed E-state index contributed by atoms with van der Waals surface area (Å²) >= 11 is 0. The number of amides is 1. The summed E-state index contributed by atoms with van der Waals surface area (Å²) in [6.45, 7) is 0.